The van der Waals surface area contributed by atoms with Crippen LogP contribution in [0.1, 0.15) is 11.1 Å². The maximum atomic E-state index is 11.7. The van der Waals surface area contributed by atoms with Gasteiger partial charge in [0, 0.05) is 18.3 Å². The van der Waals surface area contributed by atoms with Gasteiger partial charge in [0.1, 0.15) is 11.5 Å². The zero-order chi connectivity index (χ0) is 16.5. The molecule has 3 N–H and O–H groups in total. The van der Waals surface area contributed by atoms with Crippen molar-refractivity contribution in [1.82, 2.24) is 10.6 Å². The average molecular weight is 312 g/mol. The molecule has 23 heavy (non-hydrogen) atoms. The number of amides is 2. The van der Waals surface area contributed by atoms with Crippen LogP contribution in [0.3, 0.4) is 0 Å². The Morgan fingerprint density at radius 3 is 2.65 bits per heavy atom. The lowest BCUT2D eigenvalue weighted by Gasteiger charge is -2.06. The molecule has 0 heterocycles. The predicted molar refractivity (Wildman–Crippen MR) is 90.4 cm³/mol. The SMILES string of the molecule is COc1ccccc1/C=C/NC(=O)NCCc1ccc(O)cc1. The van der Waals surface area contributed by atoms with Crippen LogP contribution < -0.4 is 15.4 Å². The molecule has 0 aliphatic heterocycles. The fraction of sp³-hybridized carbons (Fsp3) is 0.167. The molecule has 0 spiro atoms. The van der Waals surface area contributed by atoms with E-state index in [2.05, 4.69) is 10.6 Å². The van der Waals surface area contributed by atoms with Crippen LogP contribution in [-0.2, 0) is 6.42 Å². The number of para-hydroxylation sites is 1. The van der Waals surface area contributed by atoms with Crippen molar-refractivity contribution in [2.45, 2.75) is 6.42 Å². The van der Waals surface area contributed by atoms with Gasteiger partial charge in [0.2, 0.25) is 0 Å². The maximum absolute atomic E-state index is 11.7. The number of carbonyl (C=O) groups excluding carboxylic acids is 1. The highest BCUT2D eigenvalue weighted by molar-refractivity contribution is 5.76. The van der Waals surface area contributed by atoms with Gasteiger partial charge in [0.25, 0.3) is 0 Å². The second-order valence-corrected chi connectivity index (χ2v) is 4.89. The molecule has 5 heteroatoms. The number of urea groups is 1. The highest BCUT2D eigenvalue weighted by Gasteiger charge is 1.99. The average Bonchev–Trinajstić information content (AvgIpc) is 2.57. The molecule has 0 atom stereocenters. The minimum atomic E-state index is -0.269. The molecule has 0 saturated carbocycles. The number of benzene rings is 2. The first-order chi connectivity index (χ1) is 11.2. The molecule has 0 unspecified atom stereocenters. The van der Waals surface area contributed by atoms with Crippen LogP contribution in [0.5, 0.6) is 11.5 Å². The molecular weight excluding hydrogens is 292 g/mol. The molecule has 2 aromatic carbocycles. The molecule has 0 radical (unpaired) electrons. The van der Waals surface area contributed by atoms with E-state index in [1.54, 1.807) is 31.5 Å². The third-order valence-electron chi connectivity index (χ3n) is 3.25. The van der Waals surface area contributed by atoms with E-state index >= 15 is 0 Å². The minimum Gasteiger partial charge on any atom is -0.508 e. The van der Waals surface area contributed by atoms with Crippen molar-refractivity contribution < 1.29 is 14.6 Å². The summed E-state index contributed by atoms with van der Waals surface area (Å²) in [4.78, 5) is 11.7. The van der Waals surface area contributed by atoms with Gasteiger partial charge >= 0.3 is 6.03 Å². The zero-order valence-electron chi connectivity index (χ0n) is 13.0. The van der Waals surface area contributed by atoms with E-state index in [9.17, 15) is 9.90 Å². The molecule has 2 amide bonds. The van der Waals surface area contributed by atoms with Gasteiger partial charge in [-0.15, -0.1) is 0 Å². The molecule has 2 rings (SSSR count). The second-order valence-electron chi connectivity index (χ2n) is 4.89. The molecular formula is C18H20N2O3. The summed E-state index contributed by atoms with van der Waals surface area (Å²) in [5.41, 5.74) is 1.94. The molecule has 0 fully saturated rings. The topological polar surface area (TPSA) is 70.6 Å². The Bertz CT molecular complexity index is 666. The molecule has 0 aliphatic carbocycles. The van der Waals surface area contributed by atoms with E-state index in [0.29, 0.717) is 13.0 Å². The Balaban J connectivity index is 1.74. The third-order valence-corrected chi connectivity index (χ3v) is 3.25. The van der Waals surface area contributed by atoms with E-state index in [1.165, 1.54) is 0 Å². The Hall–Kier alpha value is -2.95. The van der Waals surface area contributed by atoms with Crippen LogP contribution in [0.4, 0.5) is 4.79 Å². The number of nitrogens with one attached hydrogen (secondary N) is 2. The van der Waals surface area contributed by atoms with Gasteiger partial charge in [-0.2, -0.15) is 0 Å². The molecule has 0 aliphatic rings. The van der Waals surface area contributed by atoms with Gasteiger partial charge in [-0.3, -0.25) is 0 Å². The van der Waals surface area contributed by atoms with E-state index < -0.39 is 0 Å². The lowest BCUT2D eigenvalue weighted by molar-refractivity contribution is 0.244. The molecule has 0 aromatic heterocycles. The van der Waals surface area contributed by atoms with E-state index in [1.807, 2.05) is 36.4 Å². The number of phenols is 1. The molecule has 120 valence electrons. The summed E-state index contributed by atoms with van der Waals surface area (Å²) in [5, 5.41) is 14.6. The van der Waals surface area contributed by atoms with Crippen molar-refractivity contribution in [2.75, 3.05) is 13.7 Å². The van der Waals surface area contributed by atoms with Gasteiger partial charge < -0.3 is 20.5 Å². The van der Waals surface area contributed by atoms with Crippen molar-refractivity contribution in [3.05, 3.63) is 65.9 Å². The van der Waals surface area contributed by atoms with Crippen LogP contribution >= 0.6 is 0 Å². The minimum absolute atomic E-state index is 0.237. The first-order valence-electron chi connectivity index (χ1n) is 7.31. The Labute approximate surface area is 135 Å². The normalized spacial score (nSPS) is 10.5. The number of hydrogen-bond acceptors (Lipinski definition) is 3. The zero-order valence-corrected chi connectivity index (χ0v) is 13.0. The predicted octanol–water partition coefficient (Wildman–Crippen LogP) is 2.91. The number of phenolic OH excluding ortho intramolecular Hbond substituents is 1. The van der Waals surface area contributed by atoms with Gasteiger partial charge in [-0.25, -0.2) is 4.79 Å². The van der Waals surface area contributed by atoms with Crippen molar-refractivity contribution in [1.29, 1.82) is 0 Å². The second kappa shape index (κ2) is 8.48. The maximum Gasteiger partial charge on any atom is 0.318 e. The number of aromatic hydroxyl groups is 1. The van der Waals surface area contributed by atoms with E-state index in [-0.39, 0.29) is 11.8 Å². The summed E-state index contributed by atoms with van der Waals surface area (Å²) in [6.07, 6.45) is 4.05. The number of methoxy groups -OCH3 is 1. The number of carbonyl (C=O) groups is 1. The quantitative estimate of drug-likeness (QED) is 0.768. The summed E-state index contributed by atoms with van der Waals surface area (Å²) in [6, 6.07) is 14.2. The summed E-state index contributed by atoms with van der Waals surface area (Å²) < 4.78 is 5.23. The van der Waals surface area contributed by atoms with E-state index in [4.69, 9.17) is 4.74 Å². The first-order valence-corrected chi connectivity index (χ1v) is 7.31. The van der Waals surface area contributed by atoms with E-state index in [0.717, 1.165) is 16.9 Å². The van der Waals surface area contributed by atoms with Crippen molar-refractivity contribution >= 4 is 12.1 Å². The Morgan fingerprint density at radius 2 is 1.91 bits per heavy atom. The standard InChI is InChI=1S/C18H20N2O3/c1-23-17-5-3-2-4-15(17)11-13-20-18(22)19-12-10-14-6-8-16(21)9-7-14/h2-9,11,13,21H,10,12H2,1H3,(H2,19,20,22)/b13-11+. The summed E-state index contributed by atoms with van der Waals surface area (Å²) in [6.45, 7) is 0.513. The lowest BCUT2D eigenvalue weighted by atomic mass is 10.1. The number of hydrogen-bond donors (Lipinski definition) is 3. The monoisotopic (exact) mass is 312 g/mol. The fourth-order valence-corrected chi connectivity index (χ4v) is 2.05. The van der Waals surface area contributed by atoms with Crippen LogP contribution in [0.2, 0.25) is 0 Å². The Morgan fingerprint density at radius 1 is 1.17 bits per heavy atom. The van der Waals surface area contributed by atoms with Gasteiger partial charge in [-0.05, 0) is 36.3 Å². The van der Waals surface area contributed by atoms with Crippen molar-refractivity contribution in [3.63, 3.8) is 0 Å². The first kappa shape index (κ1) is 16.4. The van der Waals surface area contributed by atoms with Crippen LogP contribution in [-0.4, -0.2) is 24.8 Å². The summed E-state index contributed by atoms with van der Waals surface area (Å²) in [5.74, 6) is 0.985. The molecule has 2 aromatic rings. The lowest BCUT2D eigenvalue weighted by Crippen LogP contribution is -2.33. The summed E-state index contributed by atoms with van der Waals surface area (Å²) in [7, 11) is 1.61. The fourth-order valence-electron chi connectivity index (χ4n) is 2.05. The Kier molecular flexibility index (Phi) is 6.06. The summed E-state index contributed by atoms with van der Waals surface area (Å²) >= 11 is 0. The molecule has 0 bridgehead atoms. The number of ether oxygens (including phenoxy) is 1. The van der Waals surface area contributed by atoms with Crippen LogP contribution in [0.15, 0.2) is 54.7 Å². The van der Waals surface area contributed by atoms with Crippen molar-refractivity contribution in [3.8, 4) is 11.5 Å². The largest absolute Gasteiger partial charge is 0.508 e. The van der Waals surface area contributed by atoms with Crippen molar-refractivity contribution in [2.24, 2.45) is 0 Å². The smallest absolute Gasteiger partial charge is 0.318 e. The van der Waals surface area contributed by atoms with Crippen LogP contribution in [0, 0.1) is 0 Å². The van der Waals surface area contributed by atoms with Gasteiger partial charge in [0.05, 0.1) is 7.11 Å². The molecule has 0 saturated heterocycles. The highest BCUT2D eigenvalue weighted by Crippen LogP contribution is 2.18. The third kappa shape index (κ3) is 5.39. The van der Waals surface area contributed by atoms with Gasteiger partial charge in [0.15, 0.2) is 0 Å². The van der Waals surface area contributed by atoms with Gasteiger partial charge in [-0.1, -0.05) is 30.3 Å². The highest BCUT2D eigenvalue weighted by atomic mass is 16.5. The molecule has 5 nitrogen and oxygen atoms in total. The van der Waals surface area contributed by atoms with Crippen LogP contribution in [0.25, 0.3) is 6.08 Å². The number of rotatable bonds is 6.